The molecule has 0 aliphatic heterocycles. The number of hydrogen-bond acceptors (Lipinski definition) is 2. The first-order valence-corrected chi connectivity index (χ1v) is 8.62. The number of aryl methyl sites for hydroxylation is 1. The smallest absolute Gasteiger partial charge is 0.225 e. The second-order valence-corrected chi connectivity index (χ2v) is 7.48. The van der Waals surface area contributed by atoms with Gasteiger partial charge in [0, 0.05) is 12.5 Å². The minimum atomic E-state index is -0.445. The molecule has 25 heavy (non-hydrogen) atoms. The van der Waals surface area contributed by atoms with Crippen LogP contribution in [0.2, 0.25) is 0 Å². The third-order valence-electron chi connectivity index (χ3n) is 4.40. The number of para-hydroxylation sites is 2. The number of carbonyl (C=O) groups is 1. The van der Waals surface area contributed by atoms with Gasteiger partial charge in [0.1, 0.15) is 5.82 Å². The van der Waals surface area contributed by atoms with E-state index < -0.39 is 5.41 Å². The summed E-state index contributed by atoms with van der Waals surface area (Å²) >= 11 is 0. The standard InChI is InChI=1S/C21H25N3O/c1-21(2,3)20(25)23-17(14-15-10-6-5-7-11-15)19-22-16-12-8-9-13-18(16)24(19)4/h5-13,17H,14H2,1-4H3,(H,23,25)/t17-/m0/s1. The Morgan fingerprint density at radius 3 is 2.36 bits per heavy atom. The number of nitrogens with one attached hydrogen (secondary N) is 1. The predicted octanol–water partition coefficient (Wildman–Crippen LogP) is 4.02. The van der Waals surface area contributed by atoms with Crippen molar-refractivity contribution < 1.29 is 4.79 Å². The van der Waals surface area contributed by atoms with E-state index in [0.717, 1.165) is 16.9 Å². The lowest BCUT2D eigenvalue weighted by Crippen LogP contribution is -2.39. The van der Waals surface area contributed by atoms with Gasteiger partial charge in [-0.25, -0.2) is 4.98 Å². The Hall–Kier alpha value is -2.62. The fourth-order valence-electron chi connectivity index (χ4n) is 2.91. The molecule has 4 heteroatoms. The summed E-state index contributed by atoms with van der Waals surface area (Å²) in [4.78, 5) is 17.4. The van der Waals surface area contributed by atoms with E-state index >= 15 is 0 Å². The van der Waals surface area contributed by atoms with E-state index in [1.165, 1.54) is 5.56 Å². The topological polar surface area (TPSA) is 46.9 Å². The van der Waals surface area contributed by atoms with Gasteiger partial charge in [-0.05, 0) is 24.1 Å². The van der Waals surface area contributed by atoms with Gasteiger partial charge in [-0.2, -0.15) is 0 Å². The molecule has 0 unspecified atom stereocenters. The van der Waals surface area contributed by atoms with Gasteiger partial charge in [0.05, 0.1) is 17.1 Å². The first-order chi connectivity index (χ1) is 11.9. The molecular weight excluding hydrogens is 310 g/mol. The van der Waals surface area contributed by atoms with E-state index in [1.807, 2.05) is 64.2 Å². The molecule has 0 bridgehead atoms. The van der Waals surface area contributed by atoms with Gasteiger partial charge in [-0.15, -0.1) is 0 Å². The summed E-state index contributed by atoms with van der Waals surface area (Å²) in [6, 6.07) is 18.1. The normalized spacial score (nSPS) is 13.0. The van der Waals surface area contributed by atoms with Gasteiger partial charge < -0.3 is 9.88 Å². The largest absolute Gasteiger partial charge is 0.345 e. The van der Waals surface area contributed by atoms with E-state index in [-0.39, 0.29) is 11.9 Å². The number of imidazole rings is 1. The van der Waals surface area contributed by atoms with E-state index in [1.54, 1.807) is 0 Å². The Bertz CT molecular complexity index is 875. The van der Waals surface area contributed by atoms with Gasteiger partial charge in [-0.1, -0.05) is 63.2 Å². The molecule has 1 N–H and O–H groups in total. The van der Waals surface area contributed by atoms with Crippen molar-refractivity contribution in [3.63, 3.8) is 0 Å². The molecule has 2 aromatic carbocycles. The molecule has 1 aromatic heterocycles. The highest BCUT2D eigenvalue weighted by Crippen LogP contribution is 2.24. The second-order valence-electron chi connectivity index (χ2n) is 7.48. The summed E-state index contributed by atoms with van der Waals surface area (Å²) < 4.78 is 2.08. The van der Waals surface area contributed by atoms with Crippen LogP contribution in [0.5, 0.6) is 0 Å². The number of hydrogen-bond donors (Lipinski definition) is 1. The minimum Gasteiger partial charge on any atom is -0.345 e. The zero-order valence-electron chi connectivity index (χ0n) is 15.3. The van der Waals surface area contributed by atoms with Crippen molar-refractivity contribution in [1.29, 1.82) is 0 Å². The molecule has 0 radical (unpaired) electrons. The number of aromatic nitrogens is 2. The van der Waals surface area contributed by atoms with Crippen molar-refractivity contribution in [1.82, 2.24) is 14.9 Å². The van der Waals surface area contributed by atoms with Crippen molar-refractivity contribution in [3.05, 3.63) is 66.0 Å². The highest BCUT2D eigenvalue weighted by molar-refractivity contribution is 5.82. The Labute approximate surface area is 148 Å². The summed E-state index contributed by atoms with van der Waals surface area (Å²) in [7, 11) is 2.01. The van der Waals surface area contributed by atoms with Crippen molar-refractivity contribution in [3.8, 4) is 0 Å². The molecule has 1 atom stereocenters. The maximum atomic E-state index is 12.6. The van der Waals surface area contributed by atoms with Crippen molar-refractivity contribution in [2.45, 2.75) is 33.2 Å². The quantitative estimate of drug-likeness (QED) is 0.783. The Kier molecular flexibility index (Phi) is 4.62. The predicted molar refractivity (Wildman–Crippen MR) is 101 cm³/mol. The Morgan fingerprint density at radius 1 is 1.08 bits per heavy atom. The minimum absolute atomic E-state index is 0.0282. The number of rotatable bonds is 4. The van der Waals surface area contributed by atoms with Crippen LogP contribution >= 0.6 is 0 Å². The molecular formula is C21H25N3O. The van der Waals surface area contributed by atoms with E-state index in [9.17, 15) is 4.79 Å². The number of benzene rings is 2. The van der Waals surface area contributed by atoms with Crippen LogP contribution in [-0.4, -0.2) is 15.5 Å². The zero-order valence-corrected chi connectivity index (χ0v) is 15.3. The summed E-state index contributed by atoms with van der Waals surface area (Å²) in [5.41, 5.74) is 2.75. The third-order valence-corrected chi connectivity index (χ3v) is 4.40. The molecule has 0 spiro atoms. The lowest BCUT2D eigenvalue weighted by atomic mass is 9.94. The first-order valence-electron chi connectivity index (χ1n) is 8.62. The highest BCUT2D eigenvalue weighted by atomic mass is 16.2. The molecule has 3 rings (SSSR count). The molecule has 0 fully saturated rings. The monoisotopic (exact) mass is 335 g/mol. The molecule has 0 saturated heterocycles. The van der Waals surface area contributed by atoms with Gasteiger partial charge in [0.15, 0.2) is 0 Å². The van der Waals surface area contributed by atoms with Crippen LogP contribution in [0.3, 0.4) is 0 Å². The van der Waals surface area contributed by atoms with Crippen LogP contribution in [0.25, 0.3) is 11.0 Å². The highest BCUT2D eigenvalue weighted by Gasteiger charge is 2.27. The van der Waals surface area contributed by atoms with Crippen LogP contribution in [-0.2, 0) is 18.3 Å². The van der Waals surface area contributed by atoms with Crippen molar-refractivity contribution in [2.24, 2.45) is 12.5 Å². The lowest BCUT2D eigenvalue weighted by Gasteiger charge is -2.24. The molecule has 0 aliphatic carbocycles. The fraction of sp³-hybridized carbons (Fsp3) is 0.333. The Morgan fingerprint density at radius 2 is 1.72 bits per heavy atom. The SMILES string of the molecule is Cn1c([C@H](Cc2ccccc2)NC(=O)C(C)(C)C)nc2ccccc21. The van der Waals surface area contributed by atoms with Gasteiger partial charge in [0.25, 0.3) is 0 Å². The summed E-state index contributed by atoms with van der Waals surface area (Å²) in [5.74, 6) is 0.906. The van der Waals surface area contributed by atoms with Crippen LogP contribution in [0.1, 0.15) is 38.2 Å². The fourth-order valence-corrected chi connectivity index (χ4v) is 2.91. The first kappa shape index (κ1) is 17.2. The van der Waals surface area contributed by atoms with Gasteiger partial charge in [0.2, 0.25) is 5.91 Å². The van der Waals surface area contributed by atoms with Crippen LogP contribution < -0.4 is 5.32 Å². The number of carbonyl (C=O) groups excluding carboxylic acids is 1. The molecule has 4 nitrogen and oxygen atoms in total. The summed E-state index contributed by atoms with van der Waals surface area (Å²) in [6.07, 6.45) is 0.708. The number of fused-ring (bicyclic) bond motifs is 1. The molecule has 3 aromatic rings. The third kappa shape index (κ3) is 3.73. The average molecular weight is 335 g/mol. The number of nitrogens with zero attached hydrogens (tertiary/aromatic N) is 2. The molecule has 1 amide bonds. The van der Waals surface area contributed by atoms with Crippen molar-refractivity contribution >= 4 is 16.9 Å². The van der Waals surface area contributed by atoms with E-state index in [4.69, 9.17) is 4.98 Å². The molecule has 0 aliphatic rings. The Balaban J connectivity index is 2.00. The summed E-state index contributed by atoms with van der Waals surface area (Å²) in [6.45, 7) is 5.78. The molecule has 1 heterocycles. The average Bonchev–Trinajstić information content (AvgIpc) is 2.91. The number of amides is 1. The lowest BCUT2D eigenvalue weighted by molar-refractivity contribution is -0.129. The van der Waals surface area contributed by atoms with E-state index in [0.29, 0.717) is 6.42 Å². The van der Waals surface area contributed by atoms with Crippen LogP contribution in [0.15, 0.2) is 54.6 Å². The van der Waals surface area contributed by atoms with Crippen LogP contribution in [0, 0.1) is 5.41 Å². The van der Waals surface area contributed by atoms with E-state index in [2.05, 4.69) is 28.1 Å². The maximum absolute atomic E-state index is 12.6. The molecule has 130 valence electrons. The van der Waals surface area contributed by atoms with Gasteiger partial charge in [-0.3, -0.25) is 4.79 Å². The maximum Gasteiger partial charge on any atom is 0.225 e. The second kappa shape index (κ2) is 6.71. The van der Waals surface area contributed by atoms with Gasteiger partial charge >= 0.3 is 0 Å². The molecule has 0 saturated carbocycles. The summed E-state index contributed by atoms with van der Waals surface area (Å²) in [5, 5.41) is 3.20. The van der Waals surface area contributed by atoms with Crippen molar-refractivity contribution in [2.75, 3.05) is 0 Å². The zero-order chi connectivity index (χ0) is 18.0. The van der Waals surface area contributed by atoms with Crippen LogP contribution in [0.4, 0.5) is 0 Å².